The molecule has 1 fully saturated rings. The fourth-order valence-corrected chi connectivity index (χ4v) is 4.86. The first-order valence-corrected chi connectivity index (χ1v) is 8.62. The summed E-state index contributed by atoms with van der Waals surface area (Å²) in [5.41, 5.74) is 0. The molecule has 8 heteroatoms. The number of benzene rings is 1. The number of carboxylic acids is 1. The molecule has 0 spiro atoms. The summed E-state index contributed by atoms with van der Waals surface area (Å²) in [6.45, 7) is 1.73. The Morgan fingerprint density at radius 2 is 1.81 bits per heavy atom. The number of hydrogen-bond acceptors (Lipinski definition) is 3. The van der Waals surface area contributed by atoms with Crippen LogP contribution in [0.25, 0.3) is 0 Å². The molecule has 0 aromatic heterocycles. The molecule has 2 unspecified atom stereocenters. The van der Waals surface area contributed by atoms with Crippen LogP contribution in [-0.2, 0) is 14.8 Å². The van der Waals surface area contributed by atoms with Gasteiger partial charge in [0.05, 0.1) is 10.8 Å². The van der Waals surface area contributed by atoms with Crippen LogP contribution < -0.4 is 0 Å². The molecule has 0 saturated carbocycles. The lowest BCUT2D eigenvalue weighted by Crippen LogP contribution is -2.47. The van der Waals surface area contributed by atoms with Crippen molar-refractivity contribution in [3.63, 3.8) is 0 Å². The molecule has 2 atom stereocenters. The van der Waals surface area contributed by atoms with Crippen molar-refractivity contribution < 1.29 is 18.3 Å². The predicted molar refractivity (Wildman–Crippen MR) is 80.2 cm³/mol. The fourth-order valence-electron chi connectivity index (χ4n) is 2.42. The monoisotopic (exact) mass is 351 g/mol. The summed E-state index contributed by atoms with van der Waals surface area (Å²) in [7, 11) is -3.82. The number of piperidine rings is 1. The Hall–Kier alpha value is -0.820. The minimum atomic E-state index is -3.82. The molecule has 1 aliphatic heterocycles. The first-order valence-electron chi connectivity index (χ1n) is 6.42. The highest BCUT2D eigenvalue weighted by Gasteiger charge is 2.37. The van der Waals surface area contributed by atoms with Gasteiger partial charge in [0.1, 0.15) is 0 Å². The van der Waals surface area contributed by atoms with Gasteiger partial charge in [-0.2, -0.15) is 4.31 Å². The van der Waals surface area contributed by atoms with Crippen molar-refractivity contribution in [2.45, 2.75) is 30.7 Å². The topological polar surface area (TPSA) is 74.7 Å². The Morgan fingerprint density at radius 3 is 2.33 bits per heavy atom. The van der Waals surface area contributed by atoms with E-state index in [4.69, 9.17) is 28.3 Å². The molecule has 1 N–H and O–H groups in total. The van der Waals surface area contributed by atoms with Crippen molar-refractivity contribution in [2.75, 3.05) is 6.54 Å². The molecule has 5 nitrogen and oxygen atoms in total. The van der Waals surface area contributed by atoms with Gasteiger partial charge in [0.25, 0.3) is 0 Å². The Morgan fingerprint density at radius 1 is 1.24 bits per heavy atom. The molecular formula is C13H15Cl2NO4S. The van der Waals surface area contributed by atoms with Crippen LogP contribution in [0.4, 0.5) is 0 Å². The van der Waals surface area contributed by atoms with E-state index >= 15 is 0 Å². The lowest BCUT2D eigenvalue weighted by atomic mass is 9.96. The van der Waals surface area contributed by atoms with Gasteiger partial charge in [0.15, 0.2) is 0 Å². The summed E-state index contributed by atoms with van der Waals surface area (Å²) in [4.78, 5) is 11.1. The van der Waals surface area contributed by atoms with Crippen LogP contribution in [0.3, 0.4) is 0 Å². The molecule has 0 aliphatic carbocycles. The number of sulfonamides is 1. The summed E-state index contributed by atoms with van der Waals surface area (Å²) >= 11 is 11.7. The van der Waals surface area contributed by atoms with Gasteiger partial charge >= 0.3 is 5.97 Å². The zero-order valence-corrected chi connectivity index (χ0v) is 13.6. The average molecular weight is 352 g/mol. The highest BCUT2D eigenvalue weighted by molar-refractivity contribution is 7.89. The number of hydrogen-bond donors (Lipinski definition) is 1. The van der Waals surface area contributed by atoms with Crippen molar-refractivity contribution in [3.05, 3.63) is 28.2 Å². The lowest BCUT2D eigenvalue weighted by molar-refractivity contribution is -0.143. The van der Waals surface area contributed by atoms with E-state index in [1.165, 1.54) is 22.5 Å². The fraction of sp³-hybridized carbons (Fsp3) is 0.462. The summed E-state index contributed by atoms with van der Waals surface area (Å²) in [6, 6.07) is 3.82. The van der Waals surface area contributed by atoms with Crippen LogP contribution in [-0.4, -0.2) is 36.4 Å². The largest absolute Gasteiger partial charge is 0.481 e. The van der Waals surface area contributed by atoms with E-state index in [-0.39, 0.29) is 27.5 Å². The molecule has 21 heavy (non-hydrogen) atoms. The second-order valence-electron chi connectivity index (χ2n) is 5.14. The second kappa shape index (κ2) is 6.12. The number of rotatable bonds is 3. The third kappa shape index (κ3) is 3.51. The Kier molecular flexibility index (Phi) is 4.82. The first kappa shape index (κ1) is 16.5. The van der Waals surface area contributed by atoms with Crippen molar-refractivity contribution in [1.29, 1.82) is 0 Å². The molecule has 0 bridgehead atoms. The van der Waals surface area contributed by atoms with Crippen molar-refractivity contribution in [3.8, 4) is 0 Å². The van der Waals surface area contributed by atoms with E-state index in [1.807, 2.05) is 0 Å². The maximum absolute atomic E-state index is 12.7. The van der Waals surface area contributed by atoms with Gasteiger partial charge in [-0.3, -0.25) is 4.79 Å². The minimum absolute atomic E-state index is 0.0158. The third-order valence-corrected chi connectivity index (χ3v) is 6.01. The molecule has 1 aromatic carbocycles. The number of nitrogens with zero attached hydrogens (tertiary/aromatic N) is 1. The number of aliphatic carboxylic acids is 1. The Bertz CT molecular complexity index is 642. The third-order valence-electron chi connectivity index (χ3n) is 3.62. The van der Waals surface area contributed by atoms with Crippen LogP contribution in [0, 0.1) is 5.92 Å². The maximum Gasteiger partial charge on any atom is 0.307 e. The summed E-state index contributed by atoms with van der Waals surface area (Å²) in [5.74, 6) is -1.67. The summed E-state index contributed by atoms with van der Waals surface area (Å²) in [6.07, 6.45) is 0.976. The molecular weight excluding hydrogens is 337 g/mol. The molecule has 2 rings (SSSR count). The SMILES string of the molecule is CC1CCC(C(=O)O)CN1S(=O)(=O)c1cc(Cl)cc(Cl)c1. The number of carbonyl (C=O) groups is 1. The number of halogens is 2. The normalized spacial score (nSPS) is 24.0. The van der Waals surface area contributed by atoms with E-state index in [1.54, 1.807) is 6.92 Å². The van der Waals surface area contributed by atoms with E-state index < -0.39 is 21.9 Å². The molecule has 1 heterocycles. The van der Waals surface area contributed by atoms with Gasteiger partial charge in [-0.25, -0.2) is 8.42 Å². The molecule has 1 saturated heterocycles. The summed E-state index contributed by atoms with van der Waals surface area (Å²) < 4.78 is 26.6. The van der Waals surface area contributed by atoms with E-state index in [9.17, 15) is 13.2 Å². The van der Waals surface area contributed by atoms with Gasteiger partial charge < -0.3 is 5.11 Å². The van der Waals surface area contributed by atoms with Crippen LogP contribution in [0.15, 0.2) is 23.1 Å². The molecule has 1 aromatic rings. The van der Waals surface area contributed by atoms with E-state index in [0.29, 0.717) is 12.8 Å². The maximum atomic E-state index is 12.7. The van der Waals surface area contributed by atoms with Crippen LogP contribution in [0.1, 0.15) is 19.8 Å². The highest BCUT2D eigenvalue weighted by atomic mass is 35.5. The minimum Gasteiger partial charge on any atom is -0.481 e. The van der Waals surface area contributed by atoms with Crippen molar-refractivity contribution in [1.82, 2.24) is 4.31 Å². The van der Waals surface area contributed by atoms with Crippen molar-refractivity contribution in [2.24, 2.45) is 5.92 Å². The molecule has 1 aliphatic rings. The standard InChI is InChI=1S/C13H15Cl2NO4S/c1-8-2-3-9(13(17)18)7-16(8)21(19,20)12-5-10(14)4-11(15)6-12/h4-6,8-9H,2-3,7H2,1H3,(H,17,18). The van der Waals surface area contributed by atoms with Gasteiger partial charge in [-0.05, 0) is 38.0 Å². The van der Waals surface area contributed by atoms with Crippen LogP contribution in [0.2, 0.25) is 10.0 Å². The second-order valence-corrected chi connectivity index (χ2v) is 7.90. The Labute approximate surface area is 133 Å². The Balaban J connectivity index is 2.39. The van der Waals surface area contributed by atoms with Gasteiger partial charge in [0, 0.05) is 22.6 Å². The van der Waals surface area contributed by atoms with E-state index in [2.05, 4.69) is 0 Å². The van der Waals surface area contributed by atoms with Crippen molar-refractivity contribution >= 4 is 39.2 Å². The summed E-state index contributed by atoms with van der Waals surface area (Å²) in [5, 5.41) is 9.55. The van der Waals surface area contributed by atoms with Crippen LogP contribution >= 0.6 is 23.2 Å². The zero-order chi connectivity index (χ0) is 15.8. The number of carboxylic acid groups (broad SMARTS) is 1. The molecule has 0 radical (unpaired) electrons. The quantitative estimate of drug-likeness (QED) is 0.908. The smallest absolute Gasteiger partial charge is 0.307 e. The highest BCUT2D eigenvalue weighted by Crippen LogP contribution is 2.30. The predicted octanol–water partition coefficient (Wildman–Crippen LogP) is 2.87. The zero-order valence-electron chi connectivity index (χ0n) is 11.3. The van der Waals surface area contributed by atoms with Gasteiger partial charge in [-0.1, -0.05) is 23.2 Å². The van der Waals surface area contributed by atoms with Gasteiger partial charge in [-0.15, -0.1) is 0 Å². The first-order chi connectivity index (χ1) is 9.71. The van der Waals surface area contributed by atoms with E-state index in [0.717, 1.165) is 0 Å². The molecule has 0 amide bonds. The average Bonchev–Trinajstić information content (AvgIpc) is 2.37. The van der Waals surface area contributed by atoms with Gasteiger partial charge in [0.2, 0.25) is 10.0 Å². The lowest BCUT2D eigenvalue weighted by Gasteiger charge is -2.35. The molecule has 116 valence electrons. The van der Waals surface area contributed by atoms with Crippen LogP contribution in [0.5, 0.6) is 0 Å².